The first-order valence-corrected chi connectivity index (χ1v) is 10.8. The number of hydrogen-bond acceptors (Lipinski definition) is 2. The maximum Gasteiger partial charge on any atom is 0.335 e. The van der Waals surface area contributed by atoms with E-state index in [1.165, 1.54) is 32.1 Å². The number of allylic oxidation sites excluding steroid dienone is 1. The molecular weight excluding hydrogens is 360 g/mol. The molecule has 3 heteroatoms. The van der Waals surface area contributed by atoms with Gasteiger partial charge in [0.25, 0.3) is 0 Å². The van der Waals surface area contributed by atoms with Crippen LogP contribution in [0.5, 0.6) is 5.75 Å². The normalized spacial score (nSPS) is 30.5. The van der Waals surface area contributed by atoms with E-state index in [0.717, 1.165) is 45.9 Å². The first kappa shape index (κ1) is 18.5. The lowest BCUT2D eigenvalue weighted by Gasteiger charge is -2.54. The van der Waals surface area contributed by atoms with Gasteiger partial charge in [0, 0.05) is 0 Å². The van der Waals surface area contributed by atoms with Gasteiger partial charge in [0.15, 0.2) is 0 Å². The maximum atomic E-state index is 11.0. The second-order valence-electron chi connectivity index (χ2n) is 9.48. The van der Waals surface area contributed by atoms with Crippen molar-refractivity contribution in [2.45, 2.75) is 44.9 Å². The van der Waals surface area contributed by atoms with E-state index in [2.05, 4.69) is 19.1 Å². The van der Waals surface area contributed by atoms with Crippen molar-refractivity contribution in [2.75, 3.05) is 0 Å². The van der Waals surface area contributed by atoms with Gasteiger partial charge in [-0.05, 0) is 115 Å². The van der Waals surface area contributed by atoms with Gasteiger partial charge < -0.3 is 10.2 Å². The summed E-state index contributed by atoms with van der Waals surface area (Å²) >= 11 is 0. The number of rotatable bonds is 4. The average Bonchev–Trinajstić information content (AvgIpc) is 2.69. The van der Waals surface area contributed by atoms with Gasteiger partial charge in [-0.15, -0.1) is 0 Å². The van der Waals surface area contributed by atoms with Crippen molar-refractivity contribution >= 4 is 17.6 Å². The van der Waals surface area contributed by atoms with Crippen molar-refractivity contribution < 1.29 is 15.0 Å². The van der Waals surface area contributed by atoms with Crippen LogP contribution in [0.4, 0.5) is 0 Å². The number of carboxylic acids is 1. The lowest BCUT2D eigenvalue weighted by Crippen LogP contribution is -2.43. The minimum atomic E-state index is -0.906. The third-order valence-electron chi connectivity index (χ3n) is 7.61. The molecule has 4 aliphatic rings. The molecule has 3 nitrogen and oxygen atoms in total. The summed E-state index contributed by atoms with van der Waals surface area (Å²) in [5.41, 5.74) is 4.68. The monoisotopic (exact) mass is 388 g/mol. The molecule has 29 heavy (non-hydrogen) atoms. The summed E-state index contributed by atoms with van der Waals surface area (Å²) in [6, 6.07) is 13.0. The van der Waals surface area contributed by atoms with E-state index < -0.39 is 5.97 Å². The molecule has 0 radical (unpaired) electrons. The fourth-order valence-corrected chi connectivity index (χ4v) is 6.56. The molecule has 0 atom stereocenters. The largest absolute Gasteiger partial charge is 0.508 e. The molecule has 0 aromatic heterocycles. The Labute approximate surface area is 172 Å². The number of phenols is 1. The second kappa shape index (κ2) is 7.05. The zero-order valence-electron chi connectivity index (χ0n) is 16.8. The molecule has 4 aliphatic carbocycles. The van der Waals surface area contributed by atoms with Crippen molar-refractivity contribution in [1.29, 1.82) is 0 Å². The van der Waals surface area contributed by atoms with Crippen molar-refractivity contribution in [1.82, 2.24) is 0 Å². The van der Waals surface area contributed by atoms with Gasteiger partial charge in [0.1, 0.15) is 5.75 Å². The van der Waals surface area contributed by atoms with E-state index >= 15 is 0 Å². The van der Waals surface area contributed by atoms with Crippen molar-refractivity contribution in [3.05, 3.63) is 64.7 Å². The first-order chi connectivity index (χ1) is 14.0. The minimum absolute atomic E-state index is 0.300. The Morgan fingerprint density at radius 1 is 0.897 bits per heavy atom. The summed E-state index contributed by atoms with van der Waals surface area (Å²) < 4.78 is 0. The Hall–Kier alpha value is -2.55. The van der Waals surface area contributed by atoms with Crippen LogP contribution in [0, 0.1) is 23.7 Å². The number of carbonyl (C=O) groups is 1. The van der Waals surface area contributed by atoms with E-state index in [9.17, 15) is 9.90 Å². The molecule has 0 amide bonds. The van der Waals surface area contributed by atoms with Gasteiger partial charge in [-0.25, -0.2) is 4.79 Å². The van der Waals surface area contributed by atoms with Crippen LogP contribution in [-0.2, 0) is 0 Å². The van der Waals surface area contributed by atoms with Crippen molar-refractivity contribution in [2.24, 2.45) is 23.7 Å². The fourth-order valence-electron chi connectivity index (χ4n) is 6.56. The smallest absolute Gasteiger partial charge is 0.335 e. The molecule has 0 unspecified atom stereocenters. The number of carboxylic acid groups (broad SMARTS) is 1. The summed E-state index contributed by atoms with van der Waals surface area (Å²) in [5, 5.41) is 19.8. The number of aromatic hydroxyl groups is 1. The fraction of sp³-hybridized carbons (Fsp3) is 0.423. The molecule has 0 saturated heterocycles. The highest BCUT2D eigenvalue weighted by atomic mass is 16.4. The van der Waals surface area contributed by atoms with Crippen LogP contribution in [0.2, 0.25) is 0 Å². The van der Waals surface area contributed by atoms with Gasteiger partial charge in [-0.3, -0.25) is 0 Å². The van der Waals surface area contributed by atoms with Crippen LogP contribution in [0.1, 0.15) is 72.0 Å². The van der Waals surface area contributed by atoms with Crippen LogP contribution in [0.3, 0.4) is 0 Å². The summed E-state index contributed by atoms with van der Waals surface area (Å²) in [6.45, 7) is 2.08. The van der Waals surface area contributed by atoms with Crippen LogP contribution in [0.15, 0.2) is 42.5 Å². The molecule has 4 bridgehead atoms. The number of aromatic carboxylic acids is 1. The highest BCUT2D eigenvalue weighted by Gasteiger charge is 2.49. The molecule has 2 N–H and O–H groups in total. The third kappa shape index (κ3) is 3.37. The Morgan fingerprint density at radius 2 is 1.48 bits per heavy atom. The Balaban J connectivity index is 1.44. The summed E-state index contributed by atoms with van der Waals surface area (Å²) in [5.74, 6) is 3.37. The predicted octanol–water partition coefficient (Wildman–Crippen LogP) is 6.19. The SMILES string of the molecule is CC(=Cc1ccc(C(=O)O)cc1)c1ccc(O)c(C2C3CC4CC(C3)CC2C4)c1. The number of benzene rings is 2. The van der Waals surface area contributed by atoms with Gasteiger partial charge in [-0.1, -0.05) is 24.3 Å². The molecule has 150 valence electrons. The van der Waals surface area contributed by atoms with Crippen LogP contribution < -0.4 is 0 Å². The molecule has 6 rings (SSSR count). The number of hydrogen-bond donors (Lipinski definition) is 2. The molecule has 4 saturated carbocycles. The lowest BCUT2D eigenvalue weighted by atomic mass is 9.50. The van der Waals surface area contributed by atoms with Crippen LogP contribution in [0.25, 0.3) is 11.6 Å². The lowest BCUT2D eigenvalue weighted by molar-refractivity contribution is -0.00347. The van der Waals surface area contributed by atoms with Crippen molar-refractivity contribution in [3.8, 4) is 5.75 Å². The van der Waals surface area contributed by atoms with E-state index in [1.54, 1.807) is 12.1 Å². The zero-order valence-corrected chi connectivity index (χ0v) is 16.8. The standard InChI is InChI=1S/C26H28O3/c1-15(8-16-2-4-19(5-3-16)26(28)29)20-6-7-24(27)23(14-20)25-21-10-17-9-18(12-21)13-22(25)11-17/h2-8,14,17-18,21-22,25,27H,9-13H2,1H3,(H,28,29). The zero-order chi connectivity index (χ0) is 20.1. The molecule has 0 aliphatic heterocycles. The summed E-state index contributed by atoms with van der Waals surface area (Å²) in [7, 11) is 0. The topological polar surface area (TPSA) is 57.5 Å². The van der Waals surface area contributed by atoms with Gasteiger partial charge in [0.2, 0.25) is 0 Å². The van der Waals surface area contributed by atoms with Gasteiger partial charge >= 0.3 is 5.97 Å². The predicted molar refractivity (Wildman–Crippen MR) is 115 cm³/mol. The molecular formula is C26H28O3. The molecule has 2 aromatic carbocycles. The van der Waals surface area contributed by atoms with E-state index in [4.69, 9.17) is 5.11 Å². The Kier molecular flexibility index (Phi) is 4.49. The first-order valence-electron chi connectivity index (χ1n) is 10.8. The van der Waals surface area contributed by atoms with E-state index in [1.807, 2.05) is 24.3 Å². The molecule has 2 aromatic rings. The van der Waals surface area contributed by atoms with Gasteiger partial charge in [-0.2, -0.15) is 0 Å². The van der Waals surface area contributed by atoms with Gasteiger partial charge in [0.05, 0.1) is 5.56 Å². The second-order valence-corrected chi connectivity index (χ2v) is 9.48. The van der Waals surface area contributed by atoms with Crippen LogP contribution in [-0.4, -0.2) is 16.2 Å². The Morgan fingerprint density at radius 3 is 2.07 bits per heavy atom. The summed E-state index contributed by atoms with van der Waals surface area (Å²) in [6.07, 6.45) is 8.88. The molecule has 4 fully saturated rings. The van der Waals surface area contributed by atoms with E-state index in [-0.39, 0.29) is 0 Å². The third-order valence-corrected chi connectivity index (χ3v) is 7.61. The van der Waals surface area contributed by atoms with E-state index in [0.29, 0.717) is 17.2 Å². The average molecular weight is 389 g/mol. The maximum absolute atomic E-state index is 11.0. The number of phenolic OH excluding ortho intramolecular Hbond substituents is 1. The minimum Gasteiger partial charge on any atom is -0.508 e. The molecule has 0 spiro atoms. The highest BCUT2D eigenvalue weighted by Crippen LogP contribution is 2.60. The summed E-state index contributed by atoms with van der Waals surface area (Å²) in [4.78, 5) is 11.0. The highest BCUT2D eigenvalue weighted by molar-refractivity contribution is 5.88. The molecule has 0 heterocycles. The van der Waals surface area contributed by atoms with Crippen LogP contribution >= 0.6 is 0 Å². The Bertz CT molecular complexity index is 942. The quantitative estimate of drug-likeness (QED) is 0.614. The van der Waals surface area contributed by atoms with Crippen molar-refractivity contribution in [3.63, 3.8) is 0 Å².